The first kappa shape index (κ1) is 20.9. The summed E-state index contributed by atoms with van der Waals surface area (Å²) in [7, 11) is 0. The molecular weight excluding hydrogens is 403 g/mol. The quantitative estimate of drug-likeness (QED) is 0.703. The number of halogens is 2. The number of carbonyl (C=O) groups excluding carboxylic acids is 1. The second kappa shape index (κ2) is 8.29. The van der Waals surface area contributed by atoms with E-state index in [0.717, 1.165) is 5.56 Å². The highest BCUT2D eigenvalue weighted by molar-refractivity contribution is 7.90. The molecular formula is C20H22ClFN2O3S. The third-order valence-electron chi connectivity index (χ3n) is 4.30. The molecule has 0 bridgehead atoms. The number of hydrogen-bond acceptors (Lipinski definition) is 4. The Kier molecular flexibility index (Phi) is 6.19. The average Bonchev–Trinajstić information content (AvgIpc) is 2.63. The van der Waals surface area contributed by atoms with Crippen LogP contribution < -0.4 is 14.8 Å². The van der Waals surface area contributed by atoms with E-state index >= 15 is 0 Å². The molecule has 1 aliphatic heterocycles. The number of rotatable bonds is 4. The minimum absolute atomic E-state index is 0.0712. The number of hydrogen-bond donors (Lipinski definition) is 2. The highest BCUT2D eigenvalue weighted by Gasteiger charge is 2.33. The molecule has 8 heteroatoms. The lowest BCUT2D eigenvalue weighted by molar-refractivity contribution is 0.102. The van der Waals surface area contributed by atoms with Gasteiger partial charge in [-0.15, -0.1) is 4.72 Å². The molecule has 0 radical (unpaired) electrons. The van der Waals surface area contributed by atoms with Crippen LogP contribution in [-0.4, -0.2) is 21.8 Å². The van der Waals surface area contributed by atoms with E-state index in [9.17, 15) is 13.7 Å². The van der Waals surface area contributed by atoms with Gasteiger partial charge in [0.05, 0.1) is 23.2 Å². The molecule has 1 amide bonds. The van der Waals surface area contributed by atoms with Crippen LogP contribution in [0.2, 0.25) is 5.02 Å². The number of nitrogens with one attached hydrogen (secondary N) is 2. The molecule has 150 valence electrons. The van der Waals surface area contributed by atoms with Crippen LogP contribution in [0.4, 0.5) is 10.1 Å². The highest BCUT2D eigenvalue weighted by atomic mass is 35.5. The number of carbonyl (C=O) groups is 1. The van der Waals surface area contributed by atoms with Crippen molar-refractivity contribution in [3.63, 3.8) is 0 Å². The summed E-state index contributed by atoms with van der Waals surface area (Å²) in [5.74, 6) is -0.485. The third-order valence-corrected chi connectivity index (χ3v) is 6.20. The Morgan fingerprint density at radius 3 is 2.75 bits per heavy atom. The molecule has 0 saturated carbocycles. The van der Waals surface area contributed by atoms with E-state index in [0.29, 0.717) is 30.0 Å². The van der Waals surface area contributed by atoms with E-state index in [1.165, 1.54) is 18.2 Å². The Bertz CT molecular complexity index is 888. The molecule has 5 nitrogen and oxygen atoms in total. The van der Waals surface area contributed by atoms with E-state index in [2.05, 4.69) is 10.0 Å². The van der Waals surface area contributed by atoms with Crippen LogP contribution in [0.25, 0.3) is 0 Å². The standard InChI is InChI=1S/C20H22ClFN2O3S/c1-20(2,3)28(26)24-17-9-10-27-18-13(17)5-4-6-14(18)19(25)23-12-7-8-16(22)15(21)11-12/h4-8,11,17,24H,9-10H2,1-3H3,(H,23,25)/t17-,28-/m0/s1. The van der Waals surface area contributed by atoms with Crippen molar-refractivity contribution in [2.75, 3.05) is 11.9 Å². The minimum Gasteiger partial charge on any atom is -0.598 e. The van der Waals surface area contributed by atoms with Crippen molar-refractivity contribution >= 4 is 34.6 Å². The summed E-state index contributed by atoms with van der Waals surface area (Å²) in [6.07, 6.45) is 0.646. The lowest BCUT2D eigenvalue weighted by Gasteiger charge is -2.31. The molecule has 2 atom stereocenters. The normalized spacial score (nSPS) is 17.4. The molecule has 3 rings (SSSR count). The molecule has 0 fully saturated rings. The second-order valence-corrected chi connectivity index (χ2v) is 9.90. The molecule has 0 unspecified atom stereocenters. The maximum atomic E-state index is 13.3. The zero-order chi connectivity index (χ0) is 20.5. The molecule has 28 heavy (non-hydrogen) atoms. The van der Waals surface area contributed by atoms with Gasteiger partial charge in [-0.3, -0.25) is 4.79 Å². The molecule has 1 aliphatic rings. The van der Waals surface area contributed by atoms with Crippen LogP contribution in [0.5, 0.6) is 5.75 Å². The van der Waals surface area contributed by atoms with E-state index in [4.69, 9.17) is 16.3 Å². The number of benzene rings is 2. The van der Waals surface area contributed by atoms with Crippen molar-refractivity contribution in [1.29, 1.82) is 0 Å². The zero-order valence-corrected chi connectivity index (χ0v) is 17.4. The Hall–Kier alpha value is -1.80. The van der Waals surface area contributed by atoms with Gasteiger partial charge in [0.1, 0.15) is 16.3 Å². The number of fused-ring (bicyclic) bond motifs is 1. The van der Waals surface area contributed by atoms with Gasteiger partial charge in [-0.25, -0.2) is 4.39 Å². The van der Waals surface area contributed by atoms with Crippen molar-refractivity contribution in [1.82, 2.24) is 4.72 Å². The summed E-state index contributed by atoms with van der Waals surface area (Å²) in [4.78, 5) is 12.8. The van der Waals surface area contributed by atoms with Gasteiger partial charge < -0.3 is 14.6 Å². The predicted octanol–water partition coefficient (Wildman–Crippen LogP) is 4.61. The SMILES string of the molecule is CC(C)(C)[S@+]([O-])N[C@H]1CCOc2c(C(=O)Nc3ccc(F)c(Cl)c3)cccc21. The van der Waals surface area contributed by atoms with Gasteiger partial charge >= 0.3 is 0 Å². The van der Waals surface area contributed by atoms with Crippen LogP contribution in [0.3, 0.4) is 0 Å². The molecule has 0 aromatic heterocycles. The topological polar surface area (TPSA) is 73.4 Å². The fourth-order valence-corrected chi connectivity index (χ4v) is 3.84. The first-order chi connectivity index (χ1) is 13.2. The van der Waals surface area contributed by atoms with Gasteiger partial charge in [-0.1, -0.05) is 23.7 Å². The van der Waals surface area contributed by atoms with Gasteiger partial charge in [0.15, 0.2) is 0 Å². The van der Waals surface area contributed by atoms with Crippen molar-refractivity contribution in [3.8, 4) is 5.75 Å². The van der Waals surface area contributed by atoms with Crippen molar-refractivity contribution < 1.29 is 18.5 Å². The fourth-order valence-electron chi connectivity index (χ4n) is 2.80. The molecule has 0 saturated heterocycles. The Balaban J connectivity index is 1.85. The van der Waals surface area contributed by atoms with Crippen LogP contribution in [0.1, 0.15) is 49.2 Å². The van der Waals surface area contributed by atoms with Crippen LogP contribution in [0.15, 0.2) is 36.4 Å². The predicted molar refractivity (Wildman–Crippen MR) is 110 cm³/mol. The van der Waals surface area contributed by atoms with E-state index in [1.807, 2.05) is 26.8 Å². The van der Waals surface area contributed by atoms with Gasteiger partial charge in [0, 0.05) is 29.0 Å². The van der Waals surface area contributed by atoms with Crippen molar-refractivity contribution in [3.05, 3.63) is 58.4 Å². The lowest BCUT2D eigenvalue weighted by Crippen LogP contribution is -2.42. The maximum Gasteiger partial charge on any atom is 0.259 e. The smallest absolute Gasteiger partial charge is 0.259 e. The summed E-state index contributed by atoms with van der Waals surface area (Å²) in [5.41, 5.74) is 1.52. The summed E-state index contributed by atoms with van der Waals surface area (Å²) >= 11 is 4.52. The van der Waals surface area contributed by atoms with Gasteiger partial charge in [-0.2, -0.15) is 0 Å². The molecule has 0 spiro atoms. The first-order valence-corrected chi connectivity index (χ1v) is 10.4. The van der Waals surface area contributed by atoms with Gasteiger partial charge in [0.25, 0.3) is 5.91 Å². The monoisotopic (exact) mass is 424 g/mol. The maximum absolute atomic E-state index is 13.3. The van der Waals surface area contributed by atoms with Gasteiger partial charge in [-0.05, 0) is 45.0 Å². The zero-order valence-electron chi connectivity index (χ0n) is 15.8. The number of para-hydroxylation sites is 1. The average molecular weight is 425 g/mol. The summed E-state index contributed by atoms with van der Waals surface area (Å²) in [6.45, 7) is 6.09. The van der Waals surface area contributed by atoms with Crippen molar-refractivity contribution in [2.45, 2.75) is 38.0 Å². The molecule has 2 N–H and O–H groups in total. The minimum atomic E-state index is -1.25. The fraction of sp³-hybridized carbons (Fsp3) is 0.350. The number of ether oxygens (including phenoxy) is 1. The Morgan fingerprint density at radius 1 is 1.32 bits per heavy atom. The van der Waals surface area contributed by atoms with Crippen LogP contribution >= 0.6 is 11.6 Å². The van der Waals surface area contributed by atoms with Gasteiger partial charge in [0.2, 0.25) is 0 Å². The molecule has 2 aromatic rings. The molecule has 1 heterocycles. The van der Waals surface area contributed by atoms with Crippen LogP contribution in [0, 0.1) is 5.82 Å². The number of amides is 1. The first-order valence-electron chi connectivity index (χ1n) is 8.87. The van der Waals surface area contributed by atoms with Crippen molar-refractivity contribution in [2.24, 2.45) is 0 Å². The lowest BCUT2D eigenvalue weighted by atomic mass is 9.98. The van der Waals surface area contributed by atoms with E-state index in [-0.39, 0.29) is 11.1 Å². The Morgan fingerprint density at radius 2 is 2.07 bits per heavy atom. The van der Waals surface area contributed by atoms with Crippen LogP contribution in [-0.2, 0) is 11.4 Å². The highest BCUT2D eigenvalue weighted by Crippen LogP contribution is 2.36. The largest absolute Gasteiger partial charge is 0.598 e. The summed E-state index contributed by atoms with van der Waals surface area (Å²) in [5, 5.41) is 2.63. The third kappa shape index (κ3) is 4.60. The molecule has 2 aromatic carbocycles. The summed E-state index contributed by atoms with van der Waals surface area (Å²) in [6, 6.07) is 9.07. The Labute approximate surface area is 171 Å². The number of anilines is 1. The summed E-state index contributed by atoms with van der Waals surface area (Å²) < 4.78 is 34.3. The van der Waals surface area contributed by atoms with E-state index < -0.39 is 27.8 Å². The molecule has 0 aliphatic carbocycles. The van der Waals surface area contributed by atoms with E-state index in [1.54, 1.807) is 12.1 Å². The second-order valence-electron chi connectivity index (χ2n) is 7.50.